The van der Waals surface area contributed by atoms with E-state index in [0.717, 1.165) is 0 Å². The van der Waals surface area contributed by atoms with Gasteiger partial charge in [0.25, 0.3) is 0 Å². The molecule has 0 saturated carbocycles. The van der Waals surface area contributed by atoms with Gasteiger partial charge in [0.1, 0.15) is 0 Å². The molecule has 0 N–H and O–H groups in total. The van der Waals surface area contributed by atoms with Crippen LogP contribution in [0.1, 0.15) is 124 Å². The molecule has 4 radical (unpaired) electrons. The predicted molar refractivity (Wildman–Crippen MR) is 223 cm³/mol. The molecule has 6 aromatic carbocycles. The van der Waals surface area contributed by atoms with Crippen LogP contribution in [0.25, 0.3) is 0 Å². The van der Waals surface area contributed by atoms with Gasteiger partial charge in [0.15, 0.2) is 0 Å². The second-order valence-electron chi connectivity index (χ2n) is 14.3. The number of rotatable bonds is 18. The Balaban J connectivity index is 0.00000117. The largest absolute Gasteiger partial charge is 3.00 e. The Labute approximate surface area is 496 Å². The summed E-state index contributed by atoms with van der Waals surface area (Å²) >= 11 is 0. The summed E-state index contributed by atoms with van der Waals surface area (Å²) in [7, 11) is 0. The topological polar surface area (TPSA) is 556 Å². The molecule has 0 amide bonds. The molecule has 82 heavy (non-hydrogen) atoms. The van der Waals surface area contributed by atoms with Crippen LogP contribution in [-0.4, -0.2) is 71.6 Å². The molecule has 0 aliphatic heterocycles. The monoisotopic (exact) mass is 1290 g/mol. The van der Waals surface area contributed by atoms with Crippen molar-refractivity contribution in [1.29, 1.82) is 0 Å². The summed E-state index contributed by atoms with van der Waals surface area (Å²) in [6.07, 6.45) is 0. The molecule has 30 nitrogen and oxygen atoms in total. The van der Waals surface area contributed by atoms with Crippen molar-refractivity contribution >= 4 is 106 Å². The molecule has 0 aliphatic rings. The van der Waals surface area contributed by atoms with Crippen LogP contribution in [0.4, 0.5) is 34.1 Å². The molecule has 0 bridgehead atoms. The van der Waals surface area contributed by atoms with Gasteiger partial charge in [-0.1, -0.05) is 54.6 Å². The van der Waals surface area contributed by atoms with E-state index in [1.807, 2.05) is 0 Å². The van der Waals surface area contributed by atoms with Crippen LogP contribution >= 0.6 is 0 Å². The summed E-state index contributed by atoms with van der Waals surface area (Å²) in [5.41, 5.74) is -17.4. The van der Waals surface area contributed by atoms with Crippen molar-refractivity contribution in [3.05, 3.63) is 176 Å². The second kappa shape index (κ2) is 32.0. The molecule has 0 saturated heterocycles. The molecule has 6 aromatic rings. The van der Waals surface area contributed by atoms with Crippen molar-refractivity contribution in [1.82, 2.24) is 0 Å². The molecule has 6 rings (SSSR count). The molecule has 0 aliphatic carbocycles. The minimum atomic E-state index is -2.28. The number of benzene rings is 6. The number of carbonyl (C=O) groups is 12. The Kier molecular flexibility index (Phi) is 28.1. The molecule has 0 spiro atoms. The van der Waals surface area contributed by atoms with Crippen molar-refractivity contribution in [2.45, 2.75) is 0 Å². The van der Waals surface area contributed by atoms with E-state index in [1.54, 1.807) is 54.6 Å². The van der Waals surface area contributed by atoms with Gasteiger partial charge >= 0.3 is 68.3 Å². The summed E-state index contributed by atoms with van der Waals surface area (Å²) in [6.45, 7) is 0. The molecule has 416 valence electrons. The Bertz CT molecular complexity index is 3250. The maximum Gasteiger partial charge on any atom is 3.00 e. The number of carbonyl (C=O) groups excluding carboxylic acids is 12. The van der Waals surface area contributed by atoms with Crippen LogP contribution in [-0.2, 0) is 68.3 Å². The number of nitrogens with zero attached hydrogens (tertiary/aromatic N) is 6. The van der Waals surface area contributed by atoms with E-state index in [4.69, 9.17) is 0 Å². The van der Waals surface area contributed by atoms with Gasteiger partial charge in [-0.3, -0.25) is 0 Å². The van der Waals surface area contributed by atoms with Gasteiger partial charge in [0.05, 0.1) is 106 Å². The molecule has 34 heteroatoms. The Morgan fingerprint density at radius 3 is 0.537 bits per heavy atom. The molecule has 0 aromatic heterocycles. The van der Waals surface area contributed by atoms with Crippen LogP contribution in [0.5, 0.6) is 0 Å². The van der Waals surface area contributed by atoms with Gasteiger partial charge < -0.3 is 119 Å². The summed E-state index contributed by atoms with van der Waals surface area (Å²) in [4.78, 5) is 135. The molecular weight excluding hydrogens is 1270 g/mol. The third kappa shape index (κ3) is 17.7. The van der Waals surface area contributed by atoms with Crippen molar-refractivity contribution in [3.63, 3.8) is 0 Å². The van der Waals surface area contributed by atoms with Gasteiger partial charge in [-0.05, 0) is 54.6 Å². The van der Waals surface area contributed by atoms with Gasteiger partial charge in [0, 0.05) is 66.8 Å². The molecule has 0 atom stereocenters. The second-order valence-corrected chi connectivity index (χ2v) is 14.3. The predicted octanol–water partition coefficient (Wildman–Crippen LogP) is -7.34. The average molecular weight is 1290 g/mol. The quantitative estimate of drug-likeness (QED) is 0.0570. The van der Waals surface area contributed by atoms with Crippen LogP contribution in [0.2, 0.25) is 0 Å². The first-order valence-electron chi connectivity index (χ1n) is 20.3. The van der Waals surface area contributed by atoms with Crippen molar-refractivity contribution in [2.24, 2.45) is 30.7 Å². The normalized spacial score (nSPS) is 10.1. The van der Waals surface area contributed by atoms with Crippen molar-refractivity contribution < 1.29 is 187 Å². The number of aromatic carboxylic acids is 12. The van der Waals surface area contributed by atoms with Crippen molar-refractivity contribution in [3.8, 4) is 0 Å². The fourth-order valence-electron chi connectivity index (χ4n) is 6.41. The molecule has 0 fully saturated rings. The maximum absolute atomic E-state index is 11.3. The van der Waals surface area contributed by atoms with E-state index in [0.29, 0.717) is 18.2 Å². The van der Waals surface area contributed by atoms with E-state index in [2.05, 4.69) is 30.7 Å². The number of carboxylic acids is 12. The number of hydrogen-bond donors (Lipinski definition) is 0. The van der Waals surface area contributed by atoms with E-state index in [-0.39, 0.29) is 85.3 Å². The zero-order valence-electron chi connectivity index (χ0n) is 39.3. The number of azo groups is 3. The number of carboxylic acid groups (broad SMARTS) is 12. The van der Waals surface area contributed by atoms with Crippen LogP contribution in [0.15, 0.2) is 140 Å². The molecular formula is C48H18Fe4N6O24. The minimum Gasteiger partial charge on any atom is -0.545 e. The van der Waals surface area contributed by atoms with Gasteiger partial charge in [-0.2, -0.15) is 15.3 Å². The standard InChI is InChI=1S/3C16H10N2O8.4Fe/c3*19-13(20)8-6-9(18-17-7-4-2-1-3-5-7)11(15(23)24)12(16(25)26)10(8)14(21)22;;;;/h3*1-6H,(H,19,20)(H,21,22)(H,23,24)(H,25,26);;;;/q;;;4*+3/p-12. The van der Waals surface area contributed by atoms with Gasteiger partial charge in [0.2, 0.25) is 0 Å². The van der Waals surface area contributed by atoms with Gasteiger partial charge in [-0.15, -0.1) is 15.3 Å². The van der Waals surface area contributed by atoms with E-state index >= 15 is 0 Å². The van der Waals surface area contributed by atoms with Crippen LogP contribution < -0.4 is 61.3 Å². The molecule has 0 heterocycles. The zero-order valence-corrected chi connectivity index (χ0v) is 43.7. The first-order valence-corrected chi connectivity index (χ1v) is 20.3. The Hall–Kier alpha value is -10.2. The number of hydrogen-bond acceptors (Lipinski definition) is 30. The zero-order chi connectivity index (χ0) is 58.3. The third-order valence-corrected chi connectivity index (χ3v) is 9.50. The van der Waals surface area contributed by atoms with Crippen LogP contribution in [0.3, 0.4) is 0 Å². The summed E-state index contributed by atoms with van der Waals surface area (Å²) < 4.78 is 0. The van der Waals surface area contributed by atoms with E-state index in [1.165, 1.54) is 36.4 Å². The average Bonchev–Trinajstić information content (AvgIpc) is 3.55. The smallest absolute Gasteiger partial charge is 0.545 e. The van der Waals surface area contributed by atoms with Gasteiger partial charge in [-0.25, -0.2) is 0 Å². The summed E-state index contributed by atoms with van der Waals surface area (Å²) in [5.74, 6) is -26.2. The van der Waals surface area contributed by atoms with E-state index < -0.39 is 155 Å². The SMILES string of the molecule is O=C([O-])c1cc(N=Nc2ccccc2)c(C(=O)[O-])c(C(=O)[O-])c1C(=O)[O-].O=C([O-])c1cc(N=Nc2ccccc2)c(C(=O)[O-])c(C(=O)[O-])c1C(=O)[O-].O=C([O-])c1cc(N=Nc2ccccc2)c(C(=O)[O-])c(C(=O)[O-])c1C(=O)[O-].[Fe+3].[Fe+3].[Fe+3].[Fe+3]. The summed E-state index contributed by atoms with van der Waals surface area (Å²) in [5, 5.41) is 156. The summed E-state index contributed by atoms with van der Waals surface area (Å²) in [6, 6.07) is 24.7. The fourth-order valence-corrected chi connectivity index (χ4v) is 6.41. The third-order valence-electron chi connectivity index (χ3n) is 9.50. The minimum absolute atomic E-state index is 0. The van der Waals surface area contributed by atoms with Crippen molar-refractivity contribution in [2.75, 3.05) is 0 Å². The fraction of sp³-hybridized carbons (Fsp3) is 0. The maximum atomic E-state index is 11.3. The van der Waals surface area contributed by atoms with E-state index in [9.17, 15) is 119 Å². The molecule has 0 unspecified atom stereocenters. The first-order chi connectivity index (χ1) is 36.7. The van der Waals surface area contributed by atoms with Crippen LogP contribution in [0, 0.1) is 0 Å². The Morgan fingerprint density at radius 2 is 0.390 bits per heavy atom. The first kappa shape index (κ1) is 71.8. The Morgan fingerprint density at radius 1 is 0.220 bits per heavy atom.